The molecule has 1 aliphatic rings. The Bertz CT molecular complexity index is 452. The zero-order chi connectivity index (χ0) is 13.9. The molecule has 2 nitrogen and oxygen atoms in total. The van der Waals surface area contributed by atoms with E-state index in [9.17, 15) is 13.9 Å². The van der Waals surface area contributed by atoms with Gasteiger partial charge in [0.25, 0.3) is 5.92 Å². The van der Waals surface area contributed by atoms with Crippen LogP contribution in [-0.2, 0) is 6.42 Å². The van der Waals surface area contributed by atoms with Crippen LogP contribution in [0.15, 0.2) is 30.3 Å². The molecule has 0 spiro atoms. The molecule has 104 valence electrons. The lowest BCUT2D eigenvalue weighted by molar-refractivity contribution is -0.00603. The van der Waals surface area contributed by atoms with Gasteiger partial charge in [0.1, 0.15) is 0 Å². The minimum atomic E-state index is -2.56. The Morgan fingerprint density at radius 2 is 1.89 bits per heavy atom. The van der Waals surface area contributed by atoms with Crippen LogP contribution in [0, 0.1) is 0 Å². The van der Waals surface area contributed by atoms with E-state index in [0.29, 0.717) is 12.8 Å². The summed E-state index contributed by atoms with van der Waals surface area (Å²) in [6.45, 7) is -0.262. The van der Waals surface area contributed by atoms with E-state index in [2.05, 4.69) is 0 Å². The Balaban J connectivity index is 2.05. The third-order valence-electron chi connectivity index (χ3n) is 3.41. The van der Waals surface area contributed by atoms with Crippen LogP contribution in [-0.4, -0.2) is 28.8 Å². The van der Waals surface area contributed by atoms with Gasteiger partial charge in [0.15, 0.2) is 0 Å². The molecule has 19 heavy (non-hydrogen) atoms. The van der Waals surface area contributed by atoms with Gasteiger partial charge in [-0.3, -0.25) is 0 Å². The fourth-order valence-electron chi connectivity index (χ4n) is 2.25. The number of alkyl halides is 2. The summed E-state index contributed by atoms with van der Waals surface area (Å²) in [6, 6.07) is 7.49. The average molecular weight is 268 g/mol. The monoisotopic (exact) mass is 268 g/mol. The van der Waals surface area contributed by atoms with Crippen LogP contribution in [0.2, 0.25) is 0 Å². The summed E-state index contributed by atoms with van der Waals surface area (Å²) in [6.07, 6.45) is 1.37. The molecule has 1 atom stereocenters. The molecule has 0 saturated heterocycles. The van der Waals surface area contributed by atoms with Crippen molar-refractivity contribution in [1.82, 2.24) is 0 Å². The maximum atomic E-state index is 13.0. The predicted octanol–water partition coefficient (Wildman–Crippen LogP) is 2.78. The molecule has 0 fully saturated rings. The van der Waals surface area contributed by atoms with Crippen LogP contribution in [0.3, 0.4) is 0 Å². The lowest BCUT2D eigenvalue weighted by Gasteiger charge is -2.21. The number of aliphatic hydroxyl groups excluding tert-OH is 2. The number of allylic oxidation sites excluding steroid dienone is 2. The first-order chi connectivity index (χ1) is 9.00. The summed E-state index contributed by atoms with van der Waals surface area (Å²) in [4.78, 5) is 0. The topological polar surface area (TPSA) is 40.5 Å². The van der Waals surface area contributed by atoms with E-state index in [1.165, 1.54) is 0 Å². The normalized spacial score (nSPS) is 19.9. The van der Waals surface area contributed by atoms with Gasteiger partial charge in [-0.1, -0.05) is 30.3 Å². The van der Waals surface area contributed by atoms with Gasteiger partial charge >= 0.3 is 0 Å². The second-order valence-corrected chi connectivity index (χ2v) is 5.03. The first-order valence-electron chi connectivity index (χ1n) is 6.45. The second-order valence-electron chi connectivity index (χ2n) is 5.03. The standard InChI is InChI=1S/C15H18F2O2/c16-15(17)7-5-13(6-8-15)12-3-1-11(2-4-12)9-14(19)10-18/h1-5,14,18-19H,6-10H2/t14-/m1/s1. The number of rotatable bonds is 4. The Labute approximate surface area is 111 Å². The maximum Gasteiger partial charge on any atom is 0.251 e. The Morgan fingerprint density at radius 3 is 2.42 bits per heavy atom. The molecule has 0 aliphatic heterocycles. The number of hydrogen-bond acceptors (Lipinski definition) is 2. The van der Waals surface area contributed by atoms with Crippen molar-refractivity contribution in [2.24, 2.45) is 0 Å². The Hall–Kier alpha value is -1.26. The highest BCUT2D eigenvalue weighted by Gasteiger charge is 2.30. The molecule has 0 heterocycles. The van der Waals surface area contributed by atoms with Crippen LogP contribution in [0.5, 0.6) is 0 Å². The zero-order valence-electron chi connectivity index (χ0n) is 10.6. The largest absolute Gasteiger partial charge is 0.394 e. The van der Waals surface area contributed by atoms with Gasteiger partial charge in [-0.2, -0.15) is 0 Å². The summed E-state index contributed by atoms with van der Waals surface area (Å²) in [7, 11) is 0. The SMILES string of the molecule is OC[C@H](O)Cc1ccc(C2=CCC(F)(F)CC2)cc1. The molecule has 2 N–H and O–H groups in total. The highest BCUT2D eigenvalue weighted by Crippen LogP contribution is 2.36. The van der Waals surface area contributed by atoms with Crippen LogP contribution in [0.25, 0.3) is 5.57 Å². The van der Waals surface area contributed by atoms with E-state index in [4.69, 9.17) is 5.11 Å². The van der Waals surface area contributed by atoms with Crippen molar-refractivity contribution in [3.8, 4) is 0 Å². The van der Waals surface area contributed by atoms with Gasteiger partial charge in [0.2, 0.25) is 0 Å². The van der Waals surface area contributed by atoms with Crippen LogP contribution in [0.4, 0.5) is 8.78 Å². The minimum absolute atomic E-state index is 0.0934. The van der Waals surface area contributed by atoms with Crippen molar-refractivity contribution < 1.29 is 19.0 Å². The fourth-order valence-corrected chi connectivity index (χ4v) is 2.25. The Morgan fingerprint density at radius 1 is 1.21 bits per heavy atom. The quantitative estimate of drug-likeness (QED) is 0.881. The molecule has 0 unspecified atom stereocenters. The molecule has 0 saturated carbocycles. The van der Waals surface area contributed by atoms with E-state index >= 15 is 0 Å². The van der Waals surface area contributed by atoms with E-state index in [1.54, 1.807) is 6.08 Å². The predicted molar refractivity (Wildman–Crippen MR) is 70.0 cm³/mol. The molecule has 4 heteroatoms. The van der Waals surface area contributed by atoms with Crippen molar-refractivity contribution in [1.29, 1.82) is 0 Å². The summed E-state index contributed by atoms with van der Waals surface area (Å²) >= 11 is 0. The maximum absolute atomic E-state index is 13.0. The number of benzene rings is 1. The highest BCUT2D eigenvalue weighted by atomic mass is 19.3. The molecule has 0 radical (unpaired) electrons. The minimum Gasteiger partial charge on any atom is -0.394 e. The van der Waals surface area contributed by atoms with Gasteiger partial charge in [-0.15, -0.1) is 0 Å². The van der Waals surface area contributed by atoms with Crippen molar-refractivity contribution in [3.63, 3.8) is 0 Å². The summed E-state index contributed by atoms with van der Waals surface area (Å²) < 4.78 is 26.1. The molecule has 0 amide bonds. The highest BCUT2D eigenvalue weighted by molar-refractivity contribution is 5.66. The average Bonchev–Trinajstić information content (AvgIpc) is 2.40. The molecular weight excluding hydrogens is 250 g/mol. The summed E-state index contributed by atoms with van der Waals surface area (Å²) in [5, 5.41) is 18.1. The molecule has 1 aromatic rings. The lowest BCUT2D eigenvalue weighted by atomic mass is 9.91. The summed E-state index contributed by atoms with van der Waals surface area (Å²) in [5.74, 6) is -2.56. The van der Waals surface area contributed by atoms with Crippen LogP contribution >= 0.6 is 0 Å². The van der Waals surface area contributed by atoms with Gasteiger partial charge < -0.3 is 10.2 Å². The van der Waals surface area contributed by atoms with Gasteiger partial charge in [-0.05, 0) is 23.1 Å². The number of aliphatic hydroxyl groups is 2. The van der Waals surface area contributed by atoms with E-state index in [0.717, 1.165) is 16.7 Å². The van der Waals surface area contributed by atoms with E-state index < -0.39 is 12.0 Å². The van der Waals surface area contributed by atoms with Gasteiger partial charge in [0, 0.05) is 19.3 Å². The van der Waals surface area contributed by atoms with Gasteiger partial charge in [-0.25, -0.2) is 8.78 Å². The summed E-state index contributed by atoms with van der Waals surface area (Å²) in [5.41, 5.74) is 2.84. The zero-order valence-corrected chi connectivity index (χ0v) is 10.6. The molecule has 1 aromatic carbocycles. The van der Waals surface area contributed by atoms with Crippen molar-refractivity contribution >= 4 is 5.57 Å². The molecule has 2 rings (SSSR count). The third-order valence-corrected chi connectivity index (χ3v) is 3.41. The van der Waals surface area contributed by atoms with Crippen molar-refractivity contribution in [3.05, 3.63) is 41.5 Å². The molecular formula is C15H18F2O2. The smallest absolute Gasteiger partial charge is 0.251 e. The lowest BCUT2D eigenvalue weighted by Crippen LogP contribution is -2.18. The van der Waals surface area contributed by atoms with Crippen LogP contribution < -0.4 is 0 Å². The number of hydrogen-bond donors (Lipinski definition) is 2. The van der Waals surface area contributed by atoms with Crippen molar-refractivity contribution in [2.75, 3.05) is 6.61 Å². The molecule has 0 aromatic heterocycles. The van der Waals surface area contributed by atoms with Crippen LogP contribution in [0.1, 0.15) is 30.4 Å². The van der Waals surface area contributed by atoms with Gasteiger partial charge in [0.05, 0.1) is 12.7 Å². The first-order valence-corrected chi connectivity index (χ1v) is 6.45. The first kappa shape index (κ1) is 14.2. The number of halogens is 2. The van der Waals surface area contributed by atoms with E-state index in [-0.39, 0.29) is 19.4 Å². The molecule has 0 bridgehead atoms. The second kappa shape index (κ2) is 5.80. The Kier molecular flexibility index (Phi) is 4.32. The fraction of sp³-hybridized carbons (Fsp3) is 0.467. The molecule has 1 aliphatic carbocycles. The van der Waals surface area contributed by atoms with Crippen molar-refractivity contribution in [2.45, 2.75) is 37.7 Å². The van der Waals surface area contributed by atoms with E-state index in [1.807, 2.05) is 24.3 Å². The third kappa shape index (κ3) is 3.85.